The van der Waals surface area contributed by atoms with Gasteiger partial charge in [0.25, 0.3) is 0 Å². The van der Waals surface area contributed by atoms with Crippen molar-refractivity contribution in [1.29, 1.82) is 0 Å². The molecule has 1 heterocycles. The second kappa shape index (κ2) is 7.96. The Labute approximate surface area is 153 Å². The minimum absolute atomic E-state index is 0. The smallest absolute Gasteiger partial charge is 0.342 e. The topological polar surface area (TPSA) is 46.3 Å². The van der Waals surface area contributed by atoms with Gasteiger partial charge in [-0.25, -0.2) is 0 Å². The molecule has 0 radical (unpaired) electrons. The van der Waals surface area contributed by atoms with Gasteiger partial charge in [-0.15, -0.1) is 12.4 Å². The third-order valence-electron chi connectivity index (χ3n) is 4.95. The number of carbonyl (C=O) groups is 1. The van der Waals surface area contributed by atoms with Crippen molar-refractivity contribution in [2.75, 3.05) is 13.1 Å². The fourth-order valence-corrected chi connectivity index (χ4v) is 3.10. The molecular formula is C18H26ClF3N2O. The number of piperidine rings is 1. The minimum atomic E-state index is -4.34. The van der Waals surface area contributed by atoms with Crippen molar-refractivity contribution in [3.05, 3.63) is 35.4 Å². The van der Waals surface area contributed by atoms with E-state index < -0.39 is 11.7 Å². The summed E-state index contributed by atoms with van der Waals surface area (Å²) in [5.74, 6) is -0.0964. The Kier molecular flexibility index (Phi) is 6.93. The summed E-state index contributed by atoms with van der Waals surface area (Å²) >= 11 is 0. The first-order valence-corrected chi connectivity index (χ1v) is 8.21. The zero-order valence-corrected chi connectivity index (χ0v) is 15.6. The van der Waals surface area contributed by atoms with E-state index in [0.29, 0.717) is 13.1 Å². The normalized spacial score (nSPS) is 21.4. The van der Waals surface area contributed by atoms with Gasteiger partial charge < -0.3 is 10.6 Å². The molecule has 0 aliphatic carbocycles. The second-order valence-corrected chi connectivity index (χ2v) is 7.42. The fraction of sp³-hybridized carbons (Fsp3) is 0.611. The number of amides is 1. The molecule has 2 atom stereocenters. The van der Waals surface area contributed by atoms with E-state index in [1.54, 1.807) is 0 Å². The highest BCUT2D eigenvalue weighted by Crippen LogP contribution is 2.32. The van der Waals surface area contributed by atoms with Crippen molar-refractivity contribution in [3.8, 4) is 0 Å². The lowest BCUT2D eigenvalue weighted by molar-refractivity contribution is -0.137. The molecular weight excluding hydrogens is 353 g/mol. The monoisotopic (exact) mass is 378 g/mol. The molecule has 0 saturated carbocycles. The Morgan fingerprint density at radius 3 is 2.36 bits per heavy atom. The largest absolute Gasteiger partial charge is 0.416 e. The summed E-state index contributed by atoms with van der Waals surface area (Å²) in [5, 5.41) is 0. The molecule has 25 heavy (non-hydrogen) atoms. The van der Waals surface area contributed by atoms with Crippen LogP contribution in [0.25, 0.3) is 0 Å². The molecule has 0 spiro atoms. The highest BCUT2D eigenvalue weighted by Gasteiger charge is 2.35. The first-order chi connectivity index (χ1) is 11.0. The van der Waals surface area contributed by atoms with Gasteiger partial charge in [0, 0.05) is 25.6 Å². The van der Waals surface area contributed by atoms with E-state index >= 15 is 0 Å². The van der Waals surface area contributed by atoms with Crippen molar-refractivity contribution in [3.63, 3.8) is 0 Å². The Morgan fingerprint density at radius 1 is 1.32 bits per heavy atom. The Hall–Kier alpha value is -1.27. The lowest BCUT2D eigenvalue weighted by atomic mass is 9.79. The van der Waals surface area contributed by atoms with Gasteiger partial charge in [0.1, 0.15) is 0 Å². The SMILES string of the molecule is CC(CC(=O)N1CCC(N)C(C)(C)C1)c1ccc(C(F)(F)F)cc1.Cl. The number of hydrogen-bond donors (Lipinski definition) is 1. The lowest BCUT2D eigenvalue weighted by Gasteiger charge is -2.42. The molecule has 2 rings (SSSR count). The number of halogens is 4. The van der Waals surface area contributed by atoms with Crippen molar-refractivity contribution < 1.29 is 18.0 Å². The van der Waals surface area contributed by atoms with Crippen molar-refractivity contribution in [1.82, 2.24) is 4.90 Å². The zero-order valence-electron chi connectivity index (χ0n) is 14.8. The summed E-state index contributed by atoms with van der Waals surface area (Å²) in [6.07, 6.45) is -3.28. The van der Waals surface area contributed by atoms with E-state index in [1.807, 2.05) is 11.8 Å². The third-order valence-corrected chi connectivity index (χ3v) is 4.95. The van der Waals surface area contributed by atoms with Gasteiger partial charge in [-0.3, -0.25) is 4.79 Å². The number of hydrogen-bond acceptors (Lipinski definition) is 2. The zero-order chi connectivity index (χ0) is 18.1. The van der Waals surface area contributed by atoms with Crippen LogP contribution in [0.4, 0.5) is 13.2 Å². The molecule has 1 aliphatic heterocycles. The van der Waals surface area contributed by atoms with Crippen molar-refractivity contribution in [2.24, 2.45) is 11.1 Å². The maximum atomic E-state index is 12.6. The van der Waals surface area contributed by atoms with Crippen LogP contribution < -0.4 is 5.73 Å². The molecule has 0 aromatic heterocycles. The fourth-order valence-electron chi connectivity index (χ4n) is 3.10. The van der Waals surface area contributed by atoms with Crippen LogP contribution in [0.15, 0.2) is 24.3 Å². The quantitative estimate of drug-likeness (QED) is 0.856. The number of rotatable bonds is 3. The summed E-state index contributed by atoms with van der Waals surface area (Å²) in [7, 11) is 0. The molecule has 1 fully saturated rings. The van der Waals surface area contributed by atoms with Gasteiger partial charge in [0.05, 0.1) is 5.56 Å². The maximum Gasteiger partial charge on any atom is 0.416 e. The summed E-state index contributed by atoms with van der Waals surface area (Å²) < 4.78 is 37.8. The molecule has 142 valence electrons. The van der Waals surface area contributed by atoms with Crippen LogP contribution in [0.3, 0.4) is 0 Å². The highest BCUT2D eigenvalue weighted by molar-refractivity contribution is 5.85. The summed E-state index contributed by atoms with van der Waals surface area (Å²) in [4.78, 5) is 14.3. The van der Waals surface area contributed by atoms with Gasteiger partial charge in [-0.2, -0.15) is 13.2 Å². The van der Waals surface area contributed by atoms with E-state index in [2.05, 4.69) is 13.8 Å². The summed E-state index contributed by atoms with van der Waals surface area (Å²) in [6.45, 7) is 7.23. The highest BCUT2D eigenvalue weighted by atomic mass is 35.5. The number of carbonyl (C=O) groups excluding carboxylic acids is 1. The summed E-state index contributed by atoms with van der Waals surface area (Å²) in [6, 6.07) is 5.13. The van der Waals surface area contributed by atoms with Crippen LogP contribution in [-0.2, 0) is 11.0 Å². The predicted molar refractivity (Wildman–Crippen MR) is 94.7 cm³/mol. The molecule has 1 aromatic carbocycles. The Balaban J connectivity index is 0.00000312. The predicted octanol–water partition coefficient (Wildman–Crippen LogP) is 4.21. The number of likely N-dealkylation sites (tertiary alicyclic amines) is 1. The second-order valence-electron chi connectivity index (χ2n) is 7.42. The first-order valence-electron chi connectivity index (χ1n) is 8.21. The molecule has 1 saturated heterocycles. The molecule has 7 heteroatoms. The van der Waals surface area contributed by atoms with E-state index in [9.17, 15) is 18.0 Å². The lowest BCUT2D eigenvalue weighted by Crippen LogP contribution is -2.54. The molecule has 3 nitrogen and oxygen atoms in total. The van der Waals surface area contributed by atoms with Gasteiger partial charge in [0.2, 0.25) is 5.91 Å². The van der Waals surface area contributed by atoms with Crippen LogP contribution in [-0.4, -0.2) is 29.9 Å². The molecule has 1 aromatic rings. The van der Waals surface area contributed by atoms with E-state index in [4.69, 9.17) is 5.73 Å². The molecule has 2 unspecified atom stereocenters. The van der Waals surface area contributed by atoms with Crippen LogP contribution in [0, 0.1) is 5.41 Å². The third kappa shape index (κ3) is 5.35. The van der Waals surface area contributed by atoms with Crippen LogP contribution in [0.5, 0.6) is 0 Å². The Morgan fingerprint density at radius 2 is 1.88 bits per heavy atom. The van der Waals surface area contributed by atoms with Gasteiger partial charge in [-0.1, -0.05) is 32.9 Å². The number of alkyl halides is 3. The first kappa shape index (κ1) is 21.8. The standard InChI is InChI=1S/C18H25F3N2O.ClH/c1-12(13-4-6-14(7-5-13)18(19,20)21)10-16(24)23-9-8-15(22)17(2,3)11-23;/h4-7,12,15H,8-11,22H2,1-3H3;1H. The average molecular weight is 379 g/mol. The molecule has 2 N–H and O–H groups in total. The molecule has 1 aliphatic rings. The Bertz CT molecular complexity index is 587. The molecule has 1 amide bonds. The van der Waals surface area contributed by atoms with Gasteiger partial charge in [0.15, 0.2) is 0 Å². The van der Waals surface area contributed by atoms with Crippen molar-refractivity contribution in [2.45, 2.75) is 51.7 Å². The van der Waals surface area contributed by atoms with Crippen LogP contribution >= 0.6 is 12.4 Å². The van der Waals surface area contributed by atoms with Gasteiger partial charge in [-0.05, 0) is 35.4 Å². The number of benzene rings is 1. The van der Waals surface area contributed by atoms with Crippen LogP contribution in [0.2, 0.25) is 0 Å². The van der Waals surface area contributed by atoms with Gasteiger partial charge >= 0.3 is 6.18 Å². The van der Waals surface area contributed by atoms with E-state index in [1.165, 1.54) is 12.1 Å². The van der Waals surface area contributed by atoms with Crippen LogP contribution in [0.1, 0.15) is 50.7 Å². The minimum Gasteiger partial charge on any atom is -0.342 e. The van der Waals surface area contributed by atoms with Crippen molar-refractivity contribution >= 4 is 18.3 Å². The maximum absolute atomic E-state index is 12.6. The number of nitrogens with two attached hydrogens (primary N) is 1. The number of nitrogens with zero attached hydrogens (tertiary/aromatic N) is 1. The average Bonchev–Trinajstić information content (AvgIpc) is 2.49. The van der Waals surface area contributed by atoms with E-state index in [-0.39, 0.29) is 42.1 Å². The van der Waals surface area contributed by atoms with E-state index in [0.717, 1.165) is 24.1 Å². The molecule has 0 bridgehead atoms. The summed E-state index contributed by atoms with van der Waals surface area (Å²) in [5.41, 5.74) is 6.04.